The molecule has 0 atom stereocenters. The standard InChI is InChI=1S/C9H12BrN3O3S/c10-9-8(2-1-3-11-9)12-17(14,15)13-4-6-16-7-5-13/h1-3,12H,4-7H2. The third kappa shape index (κ3) is 3.15. The maximum Gasteiger partial charge on any atom is 0.301 e. The molecule has 1 saturated heterocycles. The van der Waals surface area contributed by atoms with Gasteiger partial charge < -0.3 is 4.74 Å². The molecule has 0 aliphatic carbocycles. The van der Waals surface area contributed by atoms with Gasteiger partial charge in [-0.25, -0.2) is 4.98 Å². The number of pyridine rings is 1. The van der Waals surface area contributed by atoms with E-state index in [9.17, 15) is 8.42 Å². The van der Waals surface area contributed by atoms with Crippen LogP contribution in [-0.4, -0.2) is 44.0 Å². The molecule has 0 saturated carbocycles. The van der Waals surface area contributed by atoms with Crippen molar-refractivity contribution in [2.45, 2.75) is 0 Å². The zero-order valence-corrected chi connectivity index (χ0v) is 11.4. The molecule has 0 radical (unpaired) electrons. The average Bonchev–Trinajstić information content (AvgIpc) is 2.33. The van der Waals surface area contributed by atoms with Crippen molar-refractivity contribution >= 4 is 31.8 Å². The second kappa shape index (κ2) is 5.30. The van der Waals surface area contributed by atoms with E-state index in [1.54, 1.807) is 18.3 Å². The molecule has 17 heavy (non-hydrogen) atoms. The van der Waals surface area contributed by atoms with Crippen molar-refractivity contribution in [2.75, 3.05) is 31.0 Å². The fraction of sp³-hybridized carbons (Fsp3) is 0.444. The number of nitrogens with zero attached hydrogens (tertiary/aromatic N) is 2. The Bertz CT molecular complexity index is 488. The van der Waals surface area contributed by atoms with Gasteiger partial charge in [0.15, 0.2) is 0 Å². The highest BCUT2D eigenvalue weighted by Crippen LogP contribution is 2.20. The van der Waals surface area contributed by atoms with Crippen molar-refractivity contribution in [3.8, 4) is 0 Å². The lowest BCUT2D eigenvalue weighted by Gasteiger charge is -2.26. The largest absolute Gasteiger partial charge is 0.379 e. The zero-order valence-electron chi connectivity index (χ0n) is 8.97. The summed E-state index contributed by atoms with van der Waals surface area (Å²) < 4.78 is 33.5. The number of rotatable bonds is 3. The molecule has 94 valence electrons. The molecule has 0 unspecified atom stereocenters. The summed E-state index contributed by atoms with van der Waals surface area (Å²) in [4.78, 5) is 3.95. The number of hydrogen-bond donors (Lipinski definition) is 1. The van der Waals surface area contributed by atoms with Crippen molar-refractivity contribution in [1.82, 2.24) is 9.29 Å². The maximum atomic E-state index is 12.0. The first kappa shape index (κ1) is 12.7. The highest BCUT2D eigenvalue weighted by molar-refractivity contribution is 9.10. The number of morpholine rings is 1. The number of ether oxygens (including phenoxy) is 1. The summed E-state index contributed by atoms with van der Waals surface area (Å²) in [6.45, 7) is 1.59. The van der Waals surface area contributed by atoms with Crippen LogP contribution in [0.3, 0.4) is 0 Å². The summed E-state index contributed by atoms with van der Waals surface area (Å²) in [7, 11) is -3.53. The van der Waals surface area contributed by atoms with Crippen molar-refractivity contribution in [3.63, 3.8) is 0 Å². The van der Waals surface area contributed by atoms with Gasteiger partial charge in [0.1, 0.15) is 4.60 Å². The Morgan fingerprint density at radius 2 is 2.12 bits per heavy atom. The molecule has 0 bridgehead atoms. The molecule has 1 N–H and O–H groups in total. The van der Waals surface area contributed by atoms with Crippen LogP contribution in [0.1, 0.15) is 0 Å². The molecule has 2 heterocycles. The van der Waals surface area contributed by atoms with Crippen LogP contribution in [0.4, 0.5) is 5.69 Å². The van der Waals surface area contributed by atoms with Gasteiger partial charge in [0.2, 0.25) is 0 Å². The van der Waals surface area contributed by atoms with Crippen LogP contribution in [-0.2, 0) is 14.9 Å². The lowest BCUT2D eigenvalue weighted by Crippen LogP contribution is -2.43. The Labute approximate surface area is 108 Å². The molecule has 1 aliphatic heterocycles. The smallest absolute Gasteiger partial charge is 0.301 e. The Hall–Kier alpha value is -0.700. The first-order valence-corrected chi connectivity index (χ1v) is 7.29. The van der Waals surface area contributed by atoms with E-state index in [0.717, 1.165) is 0 Å². The predicted molar refractivity (Wildman–Crippen MR) is 66.9 cm³/mol. The predicted octanol–water partition coefficient (Wildman–Crippen LogP) is 0.833. The first-order chi connectivity index (χ1) is 8.09. The Balaban J connectivity index is 2.14. The fourth-order valence-electron chi connectivity index (χ4n) is 1.45. The molecule has 1 fully saturated rings. The van der Waals surface area contributed by atoms with E-state index < -0.39 is 10.2 Å². The van der Waals surface area contributed by atoms with Gasteiger partial charge in [-0.05, 0) is 28.1 Å². The van der Waals surface area contributed by atoms with E-state index in [1.165, 1.54) is 4.31 Å². The lowest BCUT2D eigenvalue weighted by molar-refractivity contribution is 0.0733. The fourth-order valence-corrected chi connectivity index (χ4v) is 3.13. The molecule has 8 heteroatoms. The summed E-state index contributed by atoms with van der Waals surface area (Å²) in [5.74, 6) is 0. The summed E-state index contributed by atoms with van der Waals surface area (Å²) in [5.41, 5.74) is 0.430. The van der Waals surface area contributed by atoms with E-state index in [4.69, 9.17) is 4.74 Å². The maximum absolute atomic E-state index is 12.0. The van der Waals surface area contributed by atoms with Gasteiger partial charge in [-0.2, -0.15) is 12.7 Å². The van der Waals surface area contributed by atoms with Gasteiger partial charge in [0.05, 0.1) is 18.9 Å². The molecule has 2 rings (SSSR count). The van der Waals surface area contributed by atoms with Crippen LogP contribution in [0, 0.1) is 0 Å². The Morgan fingerprint density at radius 1 is 1.41 bits per heavy atom. The minimum absolute atomic E-state index is 0.368. The van der Waals surface area contributed by atoms with E-state index in [-0.39, 0.29) is 0 Å². The first-order valence-electron chi connectivity index (χ1n) is 5.06. The van der Waals surface area contributed by atoms with Gasteiger partial charge >= 0.3 is 10.2 Å². The molecule has 1 aromatic heterocycles. The molecule has 6 nitrogen and oxygen atoms in total. The number of anilines is 1. The van der Waals surface area contributed by atoms with Crippen LogP contribution in [0.2, 0.25) is 0 Å². The molecule has 1 aliphatic rings. The van der Waals surface area contributed by atoms with E-state index in [2.05, 4.69) is 25.6 Å². The number of hydrogen-bond acceptors (Lipinski definition) is 4. The van der Waals surface area contributed by atoms with Gasteiger partial charge in [0, 0.05) is 19.3 Å². The zero-order chi connectivity index (χ0) is 12.3. The number of aromatic nitrogens is 1. The van der Waals surface area contributed by atoms with Crippen LogP contribution < -0.4 is 4.72 Å². The second-order valence-corrected chi connectivity index (χ2v) is 5.88. The highest BCUT2D eigenvalue weighted by atomic mass is 79.9. The minimum atomic E-state index is -3.53. The SMILES string of the molecule is O=S(=O)(Nc1cccnc1Br)N1CCOCC1. The summed E-state index contributed by atoms with van der Waals surface area (Å²) in [6, 6.07) is 3.32. The van der Waals surface area contributed by atoms with Gasteiger partial charge in [-0.3, -0.25) is 4.72 Å². The van der Waals surface area contributed by atoms with E-state index >= 15 is 0 Å². The van der Waals surface area contributed by atoms with Gasteiger partial charge in [0.25, 0.3) is 0 Å². The van der Waals surface area contributed by atoms with Crippen molar-refractivity contribution < 1.29 is 13.2 Å². The molecule has 0 aromatic carbocycles. The topological polar surface area (TPSA) is 71.5 Å². The third-order valence-electron chi connectivity index (χ3n) is 2.31. The Kier molecular flexibility index (Phi) is 3.97. The van der Waals surface area contributed by atoms with Gasteiger partial charge in [-0.1, -0.05) is 0 Å². The molecule has 0 spiro atoms. The summed E-state index contributed by atoms with van der Waals surface area (Å²) in [6.07, 6.45) is 1.58. The van der Waals surface area contributed by atoms with Crippen LogP contribution in [0.5, 0.6) is 0 Å². The molecule has 1 aromatic rings. The molecule has 0 amide bonds. The van der Waals surface area contributed by atoms with Crippen LogP contribution in [0.15, 0.2) is 22.9 Å². The molecular weight excluding hydrogens is 310 g/mol. The normalized spacial score (nSPS) is 17.9. The van der Waals surface area contributed by atoms with Crippen LogP contribution >= 0.6 is 15.9 Å². The average molecular weight is 322 g/mol. The van der Waals surface area contributed by atoms with Gasteiger partial charge in [-0.15, -0.1) is 0 Å². The van der Waals surface area contributed by atoms with Crippen molar-refractivity contribution in [2.24, 2.45) is 0 Å². The number of halogens is 1. The quantitative estimate of drug-likeness (QED) is 0.837. The third-order valence-corrected chi connectivity index (χ3v) is 4.46. The van der Waals surface area contributed by atoms with Crippen LogP contribution in [0.25, 0.3) is 0 Å². The van der Waals surface area contributed by atoms with Crippen molar-refractivity contribution in [1.29, 1.82) is 0 Å². The highest BCUT2D eigenvalue weighted by Gasteiger charge is 2.24. The molecular formula is C9H12BrN3O3S. The lowest BCUT2D eigenvalue weighted by atomic mass is 10.4. The monoisotopic (exact) mass is 321 g/mol. The summed E-state index contributed by atoms with van der Waals surface area (Å²) >= 11 is 3.19. The van der Waals surface area contributed by atoms with E-state index in [0.29, 0.717) is 36.6 Å². The second-order valence-electron chi connectivity index (χ2n) is 3.46. The minimum Gasteiger partial charge on any atom is -0.379 e. The summed E-state index contributed by atoms with van der Waals surface area (Å²) in [5, 5.41) is 0. The Morgan fingerprint density at radius 3 is 2.76 bits per heavy atom. The van der Waals surface area contributed by atoms with E-state index in [1.807, 2.05) is 0 Å². The van der Waals surface area contributed by atoms with Crippen molar-refractivity contribution in [3.05, 3.63) is 22.9 Å². The number of nitrogens with one attached hydrogen (secondary N) is 1.